The molecule has 1 aliphatic carbocycles. The van der Waals surface area contributed by atoms with Gasteiger partial charge in [0.2, 0.25) is 5.91 Å². The predicted molar refractivity (Wildman–Crippen MR) is 98.8 cm³/mol. The maximum Gasteiger partial charge on any atom is 0.280 e. The molecule has 1 heterocycles. The average molecular weight is 350 g/mol. The lowest BCUT2D eigenvalue weighted by Gasteiger charge is -2.27. The zero-order chi connectivity index (χ0) is 18.3. The van der Waals surface area contributed by atoms with Crippen LogP contribution in [0.5, 0.6) is 0 Å². The highest BCUT2D eigenvalue weighted by atomic mass is 16.2. The van der Waals surface area contributed by atoms with Gasteiger partial charge >= 0.3 is 0 Å². The number of hydrazine groups is 1. The Kier molecular flexibility index (Phi) is 4.23. The molecule has 0 saturated heterocycles. The topological polar surface area (TPSA) is 66.5 Å². The Labute approximate surface area is 152 Å². The van der Waals surface area contributed by atoms with Gasteiger partial charge in [-0.1, -0.05) is 38.3 Å². The summed E-state index contributed by atoms with van der Waals surface area (Å²) in [5, 5.41) is 2.68. The van der Waals surface area contributed by atoms with Crippen molar-refractivity contribution in [1.82, 2.24) is 10.4 Å². The van der Waals surface area contributed by atoms with Gasteiger partial charge in [0.05, 0.1) is 11.1 Å². The lowest BCUT2D eigenvalue weighted by Crippen LogP contribution is -2.51. The van der Waals surface area contributed by atoms with Crippen molar-refractivity contribution in [1.29, 1.82) is 0 Å². The van der Waals surface area contributed by atoms with Gasteiger partial charge in [0.15, 0.2) is 0 Å². The Hall–Kier alpha value is -2.69. The molecular weight excluding hydrogens is 328 g/mol. The first-order valence-corrected chi connectivity index (χ1v) is 9.37. The van der Waals surface area contributed by atoms with Crippen molar-refractivity contribution in [2.45, 2.75) is 51.9 Å². The van der Waals surface area contributed by atoms with Gasteiger partial charge in [-0.15, -0.1) is 0 Å². The molecule has 2 aromatic carbocycles. The predicted octanol–water partition coefficient (Wildman–Crippen LogP) is 3.54. The van der Waals surface area contributed by atoms with Crippen molar-refractivity contribution in [3.63, 3.8) is 0 Å². The maximum absolute atomic E-state index is 12.9. The van der Waals surface area contributed by atoms with Gasteiger partial charge in [0.1, 0.15) is 0 Å². The van der Waals surface area contributed by atoms with Gasteiger partial charge in [0, 0.05) is 11.8 Å². The number of hydrogen-bond acceptors (Lipinski definition) is 3. The molecule has 5 heteroatoms. The Balaban J connectivity index is 1.62. The number of imide groups is 1. The summed E-state index contributed by atoms with van der Waals surface area (Å²) in [4.78, 5) is 37.9. The van der Waals surface area contributed by atoms with Crippen molar-refractivity contribution >= 4 is 28.5 Å². The van der Waals surface area contributed by atoms with Crippen LogP contribution in [0.25, 0.3) is 10.8 Å². The number of hydrogen-bond donors (Lipinski definition) is 1. The first-order chi connectivity index (χ1) is 12.6. The summed E-state index contributed by atoms with van der Waals surface area (Å²) < 4.78 is 0. The third kappa shape index (κ3) is 2.59. The van der Waals surface area contributed by atoms with Gasteiger partial charge in [-0.05, 0) is 47.9 Å². The summed E-state index contributed by atoms with van der Waals surface area (Å²) in [5.74, 6) is -1.18. The smallest absolute Gasteiger partial charge is 0.273 e. The van der Waals surface area contributed by atoms with Crippen LogP contribution in [0.15, 0.2) is 24.3 Å². The van der Waals surface area contributed by atoms with E-state index in [1.165, 1.54) is 11.1 Å². The van der Waals surface area contributed by atoms with E-state index in [-0.39, 0.29) is 5.91 Å². The second-order valence-corrected chi connectivity index (χ2v) is 7.09. The standard InChI is InChI=1S/C21H22N2O3/c1-2-3-4-5-6-17(24)22-23-20(25)15-11-9-13-7-8-14-10-12-16(21(23)26)19(15)18(13)14/h9-12H,2-8H2,1H3,(H,22,24). The van der Waals surface area contributed by atoms with Gasteiger partial charge in [-0.25, -0.2) is 0 Å². The quantitative estimate of drug-likeness (QED) is 0.640. The third-order valence-electron chi connectivity index (χ3n) is 5.36. The maximum atomic E-state index is 12.9. The minimum absolute atomic E-state index is 0.292. The van der Waals surface area contributed by atoms with Crippen LogP contribution in [-0.2, 0) is 17.6 Å². The Morgan fingerprint density at radius 1 is 0.923 bits per heavy atom. The highest BCUT2D eigenvalue weighted by Crippen LogP contribution is 2.37. The second kappa shape index (κ2) is 6.56. The van der Waals surface area contributed by atoms with E-state index in [2.05, 4.69) is 12.3 Å². The largest absolute Gasteiger partial charge is 0.280 e. The van der Waals surface area contributed by atoms with Crippen LogP contribution in [0.4, 0.5) is 0 Å². The molecule has 2 aromatic rings. The van der Waals surface area contributed by atoms with E-state index >= 15 is 0 Å². The van der Waals surface area contributed by atoms with Crippen molar-refractivity contribution < 1.29 is 14.4 Å². The summed E-state index contributed by atoms with van der Waals surface area (Å²) in [6.07, 6.45) is 6.10. The van der Waals surface area contributed by atoms with E-state index < -0.39 is 11.8 Å². The zero-order valence-corrected chi connectivity index (χ0v) is 14.9. The van der Waals surface area contributed by atoms with Crippen molar-refractivity contribution in [3.05, 3.63) is 46.5 Å². The van der Waals surface area contributed by atoms with Crippen LogP contribution in [-0.4, -0.2) is 22.7 Å². The molecule has 2 aliphatic rings. The van der Waals surface area contributed by atoms with Crippen molar-refractivity contribution in [2.75, 3.05) is 0 Å². The Bertz CT molecular complexity index is 874. The van der Waals surface area contributed by atoms with Crippen LogP contribution >= 0.6 is 0 Å². The summed E-state index contributed by atoms with van der Waals surface area (Å²) in [7, 11) is 0. The van der Waals surface area contributed by atoms with E-state index in [1.807, 2.05) is 12.1 Å². The molecule has 5 nitrogen and oxygen atoms in total. The molecule has 0 unspecified atom stereocenters. The number of nitrogens with one attached hydrogen (secondary N) is 1. The summed E-state index contributed by atoms with van der Waals surface area (Å²) in [5.41, 5.74) is 5.89. The van der Waals surface area contributed by atoms with Gasteiger partial charge in [-0.3, -0.25) is 19.8 Å². The van der Waals surface area contributed by atoms with Crippen LogP contribution in [0.2, 0.25) is 0 Å². The molecule has 0 saturated carbocycles. The highest BCUT2D eigenvalue weighted by Gasteiger charge is 2.35. The van der Waals surface area contributed by atoms with Gasteiger partial charge in [-0.2, -0.15) is 5.01 Å². The van der Waals surface area contributed by atoms with Crippen LogP contribution in [0.3, 0.4) is 0 Å². The number of carbonyl (C=O) groups excluding carboxylic acids is 3. The fraction of sp³-hybridized carbons (Fsp3) is 0.381. The normalized spacial score (nSPS) is 15.0. The fourth-order valence-corrected chi connectivity index (χ4v) is 4.01. The van der Waals surface area contributed by atoms with E-state index in [0.717, 1.165) is 54.3 Å². The van der Waals surface area contributed by atoms with Crippen LogP contribution in [0.1, 0.15) is 70.9 Å². The molecule has 4 rings (SSSR count). The molecule has 134 valence electrons. The monoisotopic (exact) mass is 350 g/mol. The van der Waals surface area contributed by atoms with Gasteiger partial charge in [0.25, 0.3) is 11.8 Å². The Morgan fingerprint density at radius 2 is 1.54 bits per heavy atom. The summed E-state index contributed by atoms with van der Waals surface area (Å²) >= 11 is 0. The minimum Gasteiger partial charge on any atom is -0.273 e. The first kappa shape index (κ1) is 16.8. The lowest BCUT2D eigenvalue weighted by atomic mass is 9.92. The molecule has 0 bridgehead atoms. The molecule has 0 radical (unpaired) electrons. The zero-order valence-electron chi connectivity index (χ0n) is 14.9. The number of amides is 3. The number of carbonyl (C=O) groups is 3. The Morgan fingerprint density at radius 3 is 2.12 bits per heavy atom. The van der Waals surface area contributed by atoms with E-state index in [9.17, 15) is 14.4 Å². The molecule has 1 N–H and O–H groups in total. The molecule has 0 spiro atoms. The van der Waals surface area contributed by atoms with E-state index in [0.29, 0.717) is 17.5 Å². The van der Waals surface area contributed by atoms with E-state index in [4.69, 9.17) is 0 Å². The summed E-state index contributed by atoms with van der Waals surface area (Å²) in [6.45, 7) is 2.11. The highest BCUT2D eigenvalue weighted by molar-refractivity contribution is 6.26. The summed E-state index contributed by atoms with van der Waals surface area (Å²) in [6, 6.07) is 7.50. The number of nitrogens with zero attached hydrogens (tertiary/aromatic N) is 1. The molecular formula is C21H22N2O3. The van der Waals surface area contributed by atoms with Crippen molar-refractivity contribution in [3.8, 4) is 0 Å². The van der Waals surface area contributed by atoms with Crippen LogP contribution in [0, 0.1) is 0 Å². The number of rotatable bonds is 6. The second-order valence-electron chi connectivity index (χ2n) is 7.09. The molecule has 0 atom stereocenters. The van der Waals surface area contributed by atoms with Gasteiger partial charge < -0.3 is 0 Å². The van der Waals surface area contributed by atoms with Crippen LogP contribution < -0.4 is 5.43 Å². The SMILES string of the molecule is CCCCCCC(=O)NN1C(=O)c2ccc3c4c(ccc(c24)C1=O)CC3. The van der Waals surface area contributed by atoms with Crippen molar-refractivity contribution in [2.24, 2.45) is 0 Å². The number of unbranched alkanes of at least 4 members (excludes halogenated alkanes) is 3. The first-order valence-electron chi connectivity index (χ1n) is 9.37. The molecule has 1 aliphatic heterocycles. The van der Waals surface area contributed by atoms with E-state index in [1.54, 1.807) is 12.1 Å². The molecule has 26 heavy (non-hydrogen) atoms. The molecule has 0 fully saturated rings. The lowest BCUT2D eigenvalue weighted by molar-refractivity contribution is -0.124. The molecule has 0 aromatic heterocycles. The molecule has 3 amide bonds. The minimum atomic E-state index is -0.444. The fourth-order valence-electron chi connectivity index (χ4n) is 4.01. The number of aryl methyl sites for hydroxylation is 2. The average Bonchev–Trinajstić information content (AvgIpc) is 3.07. The number of benzene rings is 2. The third-order valence-corrected chi connectivity index (χ3v) is 5.36.